The molecule has 0 heterocycles. The molecule has 0 bridgehead atoms. The Morgan fingerprint density at radius 3 is 2.39 bits per heavy atom. The Hall–Kier alpha value is -1.15. The van der Waals surface area contributed by atoms with Crippen LogP contribution in [-0.2, 0) is 0 Å². The number of carbonyl (C=O) groups excluding carboxylic acids is 1. The van der Waals surface area contributed by atoms with Crippen molar-refractivity contribution in [1.82, 2.24) is 4.90 Å². The summed E-state index contributed by atoms with van der Waals surface area (Å²) >= 11 is 0. The molecule has 0 amide bonds. The third kappa shape index (κ3) is 3.42. The minimum Gasteiger partial charge on any atom is -0.294 e. The lowest BCUT2D eigenvalue weighted by Gasteiger charge is -2.26. The van der Waals surface area contributed by atoms with Crippen molar-refractivity contribution in [2.24, 2.45) is 0 Å². The zero-order chi connectivity index (χ0) is 13.7. The molecule has 0 fully saturated rings. The highest BCUT2D eigenvalue weighted by Gasteiger charge is 2.20. The molecule has 1 aromatic rings. The number of hydrogen-bond acceptors (Lipinski definition) is 2. The van der Waals surface area contributed by atoms with E-state index in [0.717, 1.165) is 25.1 Å². The molecule has 0 saturated carbocycles. The summed E-state index contributed by atoms with van der Waals surface area (Å²) in [5, 5.41) is 0. The predicted octanol–water partition coefficient (Wildman–Crippen LogP) is 3.61. The zero-order valence-corrected chi connectivity index (χ0v) is 12.3. The summed E-state index contributed by atoms with van der Waals surface area (Å²) in [5.41, 5.74) is 3.26. The average Bonchev–Trinajstić information content (AvgIpc) is 2.37. The Morgan fingerprint density at radius 1 is 1.22 bits per heavy atom. The number of nitrogens with zero attached hydrogens (tertiary/aromatic N) is 1. The molecule has 0 aliphatic heterocycles. The van der Waals surface area contributed by atoms with Gasteiger partial charge in [-0.05, 0) is 57.5 Å². The van der Waals surface area contributed by atoms with Crippen LogP contribution in [0, 0.1) is 13.8 Å². The van der Waals surface area contributed by atoms with Crippen molar-refractivity contribution in [1.29, 1.82) is 0 Å². The second kappa shape index (κ2) is 6.69. The molecule has 0 aliphatic rings. The van der Waals surface area contributed by atoms with Gasteiger partial charge in [0.1, 0.15) is 0 Å². The first kappa shape index (κ1) is 14.9. The van der Waals surface area contributed by atoms with Gasteiger partial charge < -0.3 is 0 Å². The molecular weight excluding hydrogens is 222 g/mol. The fraction of sp³-hybridized carbons (Fsp3) is 0.562. The molecule has 1 unspecified atom stereocenters. The van der Waals surface area contributed by atoms with Crippen LogP contribution < -0.4 is 0 Å². The molecule has 1 rings (SSSR count). The van der Waals surface area contributed by atoms with Crippen molar-refractivity contribution in [3.05, 3.63) is 34.9 Å². The number of Topliss-reactive ketones (excluding diaryl/α,β-unsaturated/α-hetero) is 1. The molecule has 1 aromatic carbocycles. The van der Waals surface area contributed by atoms with E-state index in [2.05, 4.69) is 32.6 Å². The summed E-state index contributed by atoms with van der Waals surface area (Å²) in [7, 11) is 0. The molecule has 0 aliphatic carbocycles. The third-order valence-corrected chi connectivity index (χ3v) is 3.64. The van der Waals surface area contributed by atoms with Crippen LogP contribution in [0.2, 0.25) is 0 Å². The summed E-state index contributed by atoms with van der Waals surface area (Å²) < 4.78 is 0. The molecular formula is C16H25NO. The van der Waals surface area contributed by atoms with Crippen molar-refractivity contribution < 1.29 is 4.79 Å². The molecule has 100 valence electrons. The van der Waals surface area contributed by atoms with Crippen molar-refractivity contribution in [3.8, 4) is 0 Å². The maximum absolute atomic E-state index is 12.4. The molecule has 0 spiro atoms. The van der Waals surface area contributed by atoms with Gasteiger partial charge in [-0.2, -0.15) is 0 Å². The molecule has 2 nitrogen and oxygen atoms in total. The lowest BCUT2D eigenvalue weighted by Crippen LogP contribution is -2.39. The summed E-state index contributed by atoms with van der Waals surface area (Å²) in [6, 6.07) is 5.96. The summed E-state index contributed by atoms with van der Waals surface area (Å²) in [5.74, 6) is 0.230. The second-order valence-corrected chi connectivity index (χ2v) is 4.97. The Bertz CT molecular complexity index is 412. The third-order valence-electron chi connectivity index (χ3n) is 3.64. The number of carbonyl (C=O) groups is 1. The van der Waals surface area contributed by atoms with E-state index in [1.165, 1.54) is 11.1 Å². The quantitative estimate of drug-likeness (QED) is 0.716. The first-order valence-corrected chi connectivity index (χ1v) is 6.86. The molecule has 0 radical (unpaired) electrons. The van der Waals surface area contributed by atoms with E-state index in [-0.39, 0.29) is 11.8 Å². The van der Waals surface area contributed by atoms with E-state index in [1.54, 1.807) is 0 Å². The van der Waals surface area contributed by atoms with E-state index in [4.69, 9.17) is 0 Å². The van der Waals surface area contributed by atoms with Gasteiger partial charge in [0.2, 0.25) is 0 Å². The van der Waals surface area contributed by atoms with E-state index in [0.29, 0.717) is 0 Å². The topological polar surface area (TPSA) is 20.3 Å². The fourth-order valence-electron chi connectivity index (χ4n) is 2.21. The van der Waals surface area contributed by atoms with Crippen LogP contribution in [0.25, 0.3) is 0 Å². The number of rotatable bonds is 6. The number of ketones is 1. The van der Waals surface area contributed by atoms with Gasteiger partial charge in [-0.15, -0.1) is 0 Å². The smallest absolute Gasteiger partial charge is 0.179 e. The highest BCUT2D eigenvalue weighted by atomic mass is 16.1. The van der Waals surface area contributed by atoms with Crippen molar-refractivity contribution in [2.45, 2.75) is 47.1 Å². The first-order valence-electron chi connectivity index (χ1n) is 6.86. The summed E-state index contributed by atoms with van der Waals surface area (Å²) in [6.45, 7) is 12.3. The number of benzene rings is 1. The van der Waals surface area contributed by atoms with Crippen LogP contribution in [-0.4, -0.2) is 29.8 Å². The van der Waals surface area contributed by atoms with Crippen molar-refractivity contribution in [3.63, 3.8) is 0 Å². The Morgan fingerprint density at radius 2 is 1.89 bits per heavy atom. The van der Waals surface area contributed by atoms with Crippen LogP contribution >= 0.6 is 0 Å². The highest BCUT2D eigenvalue weighted by Crippen LogP contribution is 2.14. The van der Waals surface area contributed by atoms with E-state index < -0.39 is 0 Å². The summed E-state index contributed by atoms with van der Waals surface area (Å²) in [4.78, 5) is 14.7. The van der Waals surface area contributed by atoms with Crippen LogP contribution in [0.4, 0.5) is 0 Å². The molecule has 1 atom stereocenters. The van der Waals surface area contributed by atoms with E-state index in [1.807, 2.05) is 25.1 Å². The van der Waals surface area contributed by atoms with Gasteiger partial charge in [-0.3, -0.25) is 9.69 Å². The molecule has 0 N–H and O–H groups in total. The summed E-state index contributed by atoms with van der Waals surface area (Å²) in [6.07, 6.45) is 1.08. The lowest BCUT2D eigenvalue weighted by molar-refractivity contribution is 0.0845. The lowest BCUT2D eigenvalue weighted by atomic mass is 9.99. The SMILES string of the molecule is CCCN(CC)C(C)C(=O)c1ccc(C)c(C)c1. The van der Waals surface area contributed by atoms with Gasteiger partial charge in [0.25, 0.3) is 0 Å². The molecule has 18 heavy (non-hydrogen) atoms. The van der Waals surface area contributed by atoms with Gasteiger partial charge in [0, 0.05) is 5.56 Å². The van der Waals surface area contributed by atoms with E-state index >= 15 is 0 Å². The maximum atomic E-state index is 12.4. The largest absolute Gasteiger partial charge is 0.294 e. The predicted molar refractivity (Wildman–Crippen MR) is 77.2 cm³/mol. The van der Waals surface area contributed by atoms with Crippen molar-refractivity contribution in [2.75, 3.05) is 13.1 Å². The zero-order valence-electron chi connectivity index (χ0n) is 12.3. The van der Waals surface area contributed by atoms with Gasteiger partial charge >= 0.3 is 0 Å². The van der Waals surface area contributed by atoms with Crippen LogP contribution in [0.15, 0.2) is 18.2 Å². The minimum absolute atomic E-state index is 0.0305. The first-order chi connectivity index (χ1) is 8.51. The second-order valence-electron chi connectivity index (χ2n) is 4.97. The average molecular weight is 247 g/mol. The highest BCUT2D eigenvalue weighted by molar-refractivity contribution is 6.00. The van der Waals surface area contributed by atoms with Crippen LogP contribution in [0.1, 0.15) is 48.7 Å². The monoisotopic (exact) mass is 247 g/mol. The van der Waals surface area contributed by atoms with E-state index in [9.17, 15) is 4.79 Å². The minimum atomic E-state index is -0.0305. The fourth-order valence-corrected chi connectivity index (χ4v) is 2.21. The normalized spacial score (nSPS) is 12.8. The van der Waals surface area contributed by atoms with Gasteiger partial charge in [0.05, 0.1) is 6.04 Å². The maximum Gasteiger partial charge on any atom is 0.179 e. The number of aryl methyl sites for hydroxylation is 2. The van der Waals surface area contributed by atoms with Crippen LogP contribution in [0.3, 0.4) is 0 Å². The molecule has 2 heteroatoms. The van der Waals surface area contributed by atoms with Gasteiger partial charge in [-0.1, -0.05) is 26.0 Å². The van der Waals surface area contributed by atoms with Crippen molar-refractivity contribution >= 4 is 5.78 Å². The molecule has 0 aromatic heterocycles. The number of likely N-dealkylation sites (N-methyl/N-ethyl adjacent to an activating group) is 1. The molecule has 0 saturated heterocycles. The van der Waals surface area contributed by atoms with Gasteiger partial charge in [-0.25, -0.2) is 0 Å². The van der Waals surface area contributed by atoms with Crippen LogP contribution in [0.5, 0.6) is 0 Å². The Labute approximate surface area is 111 Å². The van der Waals surface area contributed by atoms with Gasteiger partial charge in [0.15, 0.2) is 5.78 Å². The Balaban J connectivity index is 2.88. The number of hydrogen-bond donors (Lipinski definition) is 0. The standard InChI is InChI=1S/C16H25NO/c1-6-10-17(7-2)14(5)16(18)15-9-8-12(3)13(4)11-15/h8-9,11,14H,6-7,10H2,1-5H3. The Kier molecular flexibility index (Phi) is 5.54.